The van der Waals surface area contributed by atoms with Crippen molar-refractivity contribution in [1.29, 1.82) is 0 Å². The van der Waals surface area contributed by atoms with Crippen LogP contribution in [0.25, 0.3) is 0 Å². The van der Waals surface area contributed by atoms with Crippen LogP contribution in [-0.2, 0) is 15.6 Å². The molecular formula is C19H28N2O2S. The first-order valence-corrected chi connectivity index (χ1v) is 10.5. The molecule has 0 unspecified atom stereocenters. The summed E-state index contributed by atoms with van der Waals surface area (Å²) in [6, 6.07) is 10.1. The number of likely N-dealkylation sites (tertiary alicyclic amines) is 1. The van der Waals surface area contributed by atoms with Crippen LogP contribution in [-0.4, -0.2) is 46.4 Å². The minimum atomic E-state index is -1.04. The molecule has 1 saturated heterocycles. The minimum absolute atomic E-state index is 0.108. The van der Waals surface area contributed by atoms with Gasteiger partial charge in [-0.25, -0.2) is 0 Å². The molecule has 132 valence electrons. The van der Waals surface area contributed by atoms with E-state index in [0.717, 1.165) is 24.4 Å². The molecule has 1 amide bonds. The summed E-state index contributed by atoms with van der Waals surface area (Å²) in [6.45, 7) is 2.44. The number of carbonyl (C=O) groups excluding carboxylic acids is 1. The molecule has 2 aliphatic rings. The smallest absolute Gasteiger partial charge is 0.224 e. The van der Waals surface area contributed by atoms with Gasteiger partial charge in [0.1, 0.15) is 0 Å². The molecule has 1 N–H and O–H groups in total. The molecule has 1 aromatic rings. The zero-order valence-electron chi connectivity index (χ0n) is 14.3. The molecule has 1 aliphatic carbocycles. The van der Waals surface area contributed by atoms with Crippen molar-refractivity contribution in [1.82, 2.24) is 10.2 Å². The lowest BCUT2D eigenvalue weighted by Crippen LogP contribution is -2.38. The first-order valence-electron chi connectivity index (χ1n) is 9.19. The summed E-state index contributed by atoms with van der Waals surface area (Å²) in [5, 5.41) is 2.99. The van der Waals surface area contributed by atoms with Gasteiger partial charge in [-0.15, -0.1) is 0 Å². The van der Waals surface area contributed by atoms with Crippen LogP contribution in [0.5, 0.6) is 0 Å². The Hall–Kier alpha value is -1.20. The molecule has 1 saturated carbocycles. The predicted octanol–water partition coefficient (Wildman–Crippen LogP) is 2.57. The lowest BCUT2D eigenvalue weighted by Gasteiger charge is -2.30. The second-order valence-electron chi connectivity index (χ2n) is 6.93. The van der Waals surface area contributed by atoms with Gasteiger partial charge < -0.3 is 5.32 Å². The van der Waals surface area contributed by atoms with E-state index in [4.69, 9.17) is 0 Å². The van der Waals surface area contributed by atoms with Crippen molar-refractivity contribution in [2.45, 2.75) is 49.5 Å². The van der Waals surface area contributed by atoms with Crippen LogP contribution >= 0.6 is 0 Å². The van der Waals surface area contributed by atoms with Gasteiger partial charge in [-0.05, 0) is 37.9 Å². The fourth-order valence-electron chi connectivity index (χ4n) is 3.88. The Kier molecular flexibility index (Phi) is 6.44. The maximum atomic E-state index is 12.4. The van der Waals surface area contributed by atoms with E-state index in [-0.39, 0.29) is 11.8 Å². The Labute approximate surface area is 147 Å². The zero-order chi connectivity index (χ0) is 16.8. The van der Waals surface area contributed by atoms with Crippen LogP contribution in [0.3, 0.4) is 0 Å². The van der Waals surface area contributed by atoms with Gasteiger partial charge in [-0.3, -0.25) is 13.9 Å². The zero-order valence-corrected chi connectivity index (χ0v) is 15.1. The summed E-state index contributed by atoms with van der Waals surface area (Å²) in [5.41, 5.74) is 0. The van der Waals surface area contributed by atoms with Crippen molar-refractivity contribution in [2.24, 2.45) is 5.92 Å². The lowest BCUT2D eigenvalue weighted by molar-refractivity contribution is -0.124. The molecule has 0 spiro atoms. The molecule has 0 radical (unpaired) electrons. The van der Waals surface area contributed by atoms with Crippen molar-refractivity contribution in [2.75, 3.05) is 25.4 Å². The van der Waals surface area contributed by atoms with Crippen molar-refractivity contribution >= 4 is 16.7 Å². The highest BCUT2D eigenvalue weighted by Crippen LogP contribution is 2.27. The van der Waals surface area contributed by atoms with Crippen LogP contribution < -0.4 is 5.32 Å². The first kappa shape index (κ1) is 17.6. The monoisotopic (exact) mass is 348 g/mol. The van der Waals surface area contributed by atoms with Gasteiger partial charge in [0.05, 0.1) is 16.7 Å². The molecule has 1 aliphatic heterocycles. The molecule has 3 rings (SSSR count). The molecule has 2 fully saturated rings. The average Bonchev–Trinajstić information content (AvgIpc) is 3.13. The van der Waals surface area contributed by atoms with Crippen molar-refractivity contribution in [3.8, 4) is 0 Å². The first-order chi connectivity index (χ1) is 11.7. The van der Waals surface area contributed by atoms with Gasteiger partial charge in [-0.2, -0.15) is 0 Å². The summed E-state index contributed by atoms with van der Waals surface area (Å²) < 4.78 is 12.2. The quantitative estimate of drug-likeness (QED) is 0.859. The number of nitrogens with zero attached hydrogens (tertiary/aromatic N) is 1. The molecule has 1 aromatic carbocycles. The van der Waals surface area contributed by atoms with Gasteiger partial charge in [0.15, 0.2) is 0 Å². The molecule has 5 heteroatoms. The second kappa shape index (κ2) is 8.77. The molecular weight excluding hydrogens is 320 g/mol. The number of hydrogen-bond acceptors (Lipinski definition) is 3. The second-order valence-corrected chi connectivity index (χ2v) is 8.50. The standard InChI is InChI=1S/C19H28N2O2S/c22-19(20-12-14-24(23)18-9-5-2-6-10-18)16-11-13-21(15-16)17-7-3-1-4-8-17/h2,5-6,9-10,16-17H,1,3-4,7-8,11-15H2,(H,20,22)/t16-,24+/m0/s1. The van der Waals surface area contributed by atoms with E-state index in [1.54, 1.807) is 0 Å². The molecule has 2 atom stereocenters. The Morgan fingerprint density at radius 1 is 1.12 bits per heavy atom. The summed E-state index contributed by atoms with van der Waals surface area (Å²) in [7, 11) is -1.04. The summed E-state index contributed by atoms with van der Waals surface area (Å²) >= 11 is 0. The third-order valence-electron chi connectivity index (χ3n) is 5.27. The fraction of sp³-hybridized carbons (Fsp3) is 0.632. The SMILES string of the molecule is O=C(NCC[S@@](=O)c1ccccc1)[C@H]1CCN(C2CCCCC2)C1. The van der Waals surface area contributed by atoms with Gasteiger partial charge in [0, 0.05) is 29.8 Å². The van der Waals surface area contributed by atoms with Crippen LogP contribution in [0, 0.1) is 5.92 Å². The molecule has 0 aromatic heterocycles. The van der Waals surface area contributed by atoms with Gasteiger partial charge in [-0.1, -0.05) is 37.5 Å². The van der Waals surface area contributed by atoms with Crippen LogP contribution in [0.15, 0.2) is 35.2 Å². The van der Waals surface area contributed by atoms with E-state index in [1.807, 2.05) is 30.3 Å². The van der Waals surface area contributed by atoms with Gasteiger partial charge in [0.25, 0.3) is 0 Å². The van der Waals surface area contributed by atoms with E-state index in [0.29, 0.717) is 18.3 Å². The van der Waals surface area contributed by atoms with Crippen molar-refractivity contribution < 1.29 is 9.00 Å². The highest BCUT2D eigenvalue weighted by Gasteiger charge is 2.32. The lowest BCUT2D eigenvalue weighted by atomic mass is 9.94. The van der Waals surface area contributed by atoms with E-state index in [9.17, 15) is 9.00 Å². The van der Waals surface area contributed by atoms with E-state index in [1.165, 1.54) is 32.1 Å². The molecule has 0 bridgehead atoms. The number of carbonyl (C=O) groups is 1. The number of rotatable bonds is 6. The maximum absolute atomic E-state index is 12.4. The largest absolute Gasteiger partial charge is 0.355 e. The Bertz CT molecular complexity index is 558. The highest BCUT2D eigenvalue weighted by atomic mass is 32.2. The van der Waals surface area contributed by atoms with Crippen molar-refractivity contribution in [3.63, 3.8) is 0 Å². The molecule has 24 heavy (non-hydrogen) atoms. The van der Waals surface area contributed by atoms with Crippen molar-refractivity contribution in [3.05, 3.63) is 30.3 Å². The minimum Gasteiger partial charge on any atom is -0.355 e. The normalized spacial score (nSPS) is 23.9. The average molecular weight is 349 g/mol. The maximum Gasteiger partial charge on any atom is 0.224 e. The number of hydrogen-bond donors (Lipinski definition) is 1. The third-order valence-corrected chi connectivity index (χ3v) is 6.65. The Balaban J connectivity index is 1.39. The summed E-state index contributed by atoms with van der Waals surface area (Å²) in [6.07, 6.45) is 7.60. The van der Waals surface area contributed by atoms with E-state index >= 15 is 0 Å². The van der Waals surface area contributed by atoms with Gasteiger partial charge >= 0.3 is 0 Å². The predicted molar refractivity (Wildman–Crippen MR) is 97.3 cm³/mol. The third kappa shape index (κ3) is 4.67. The molecule has 4 nitrogen and oxygen atoms in total. The molecule has 1 heterocycles. The Morgan fingerprint density at radius 3 is 2.62 bits per heavy atom. The van der Waals surface area contributed by atoms with E-state index in [2.05, 4.69) is 10.2 Å². The Morgan fingerprint density at radius 2 is 1.88 bits per heavy atom. The summed E-state index contributed by atoms with van der Waals surface area (Å²) in [4.78, 5) is 15.7. The number of benzene rings is 1. The number of amides is 1. The van der Waals surface area contributed by atoms with Crippen LogP contribution in [0.1, 0.15) is 38.5 Å². The topological polar surface area (TPSA) is 49.4 Å². The summed E-state index contributed by atoms with van der Waals surface area (Å²) in [5.74, 6) is 0.727. The van der Waals surface area contributed by atoms with Gasteiger partial charge in [0.2, 0.25) is 5.91 Å². The number of nitrogens with one attached hydrogen (secondary N) is 1. The van der Waals surface area contributed by atoms with Crippen LogP contribution in [0.2, 0.25) is 0 Å². The van der Waals surface area contributed by atoms with E-state index < -0.39 is 10.8 Å². The van der Waals surface area contributed by atoms with Crippen LogP contribution in [0.4, 0.5) is 0 Å². The fourth-order valence-corrected chi connectivity index (χ4v) is 4.86. The highest BCUT2D eigenvalue weighted by molar-refractivity contribution is 7.85.